The highest BCUT2D eigenvalue weighted by atomic mass is 16.2. The monoisotopic (exact) mass is 542 g/mol. The van der Waals surface area contributed by atoms with Crippen molar-refractivity contribution in [3.8, 4) is 0 Å². The minimum absolute atomic E-state index is 0.000797. The van der Waals surface area contributed by atoms with Crippen LogP contribution in [0.4, 0.5) is 0 Å². The Kier molecular flexibility index (Phi) is 8.92. The van der Waals surface area contributed by atoms with Gasteiger partial charge < -0.3 is 20.0 Å². The topological polar surface area (TPSA) is 151 Å². The van der Waals surface area contributed by atoms with Crippen LogP contribution in [0, 0.1) is 5.92 Å². The van der Waals surface area contributed by atoms with E-state index in [1.165, 1.54) is 11.0 Å². The molecule has 2 aliphatic rings. The summed E-state index contributed by atoms with van der Waals surface area (Å²) in [5.41, 5.74) is 2.19. The number of likely N-dealkylation sites (N-methyl/N-ethyl adjacent to an activating group) is 1. The van der Waals surface area contributed by atoms with Gasteiger partial charge in [-0.05, 0) is 42.0 Å². The van der Waals surface area contributed by atoms with Crippen molar-refractivity contribution in [2.45, 2.75) is 58.5 Å². The highest BCUT2D eigenvalue weighted by molar-refractivity contribution is 5.94. The van der Waals surface area contributed by atoms with Crippen molar-refractivity contribution in [3.63, 3.8) is 0 Å². The van der Waals surface area contributed by atoms with Crippen LogP contribution in [-0.2, 0) is 40.8 Å². The molecule has 3 heterocycles. The molecule has 1 unspecified atom stereocenters. The number of tetrazole rings is 1. The van der Waals surface area contributed by atoms with Gasteiger partial charge in [-0.15, -0.1) is 5.10 Å². The summed E-state index contributed by atoms with van der Waals surface area (Å²) >= 11 is 0. The lowest BCUT2D eigenvalue weighted by Crippen LogP contribution is -2.47. The van der Waals surface area contributed by atoms with Gasteiger partial charge in [-0.25, -0.2) is 4.68 Å². The number of hydrogen-bond donors (Lipinski definition) is 1. The Hall–Kier alpha value is -3.84. The molecular weight excluding hydrogens is 504 g/mol. The third-order valence-electron chi connectivity index (χ3n) is 7.38. The fraction of sp³-hybridized carbons (Fsp3) is 0.680. The number of aryl methyl sites for hydroxylation is 1. The van der Waals surface area contributed by atoms with Gasteiger partial charge in [0, 0.05) is 64.0 Å². The molecular formula is C25H38N10O4. The van der Waals surface area contributed by atoms with E-state index in [4.69, 9.17) is 0 Å². The Bertz CT molecular complexity index is 1190. The van der Waals surface area contributed by atoms with Crippen LogP contribution in [0.15, 0.2) is 6.33 Å². The van der Waals surface area contributed by atoms with E-state index >= 15 is 0 Å². The molecule has 39 heavy (non-hydrogen) atoms. The van der Waals surface area contributed by atoms with Gasteiger partial charge in [0.15, 0.2) is 5.69 Å². The average molecular weight is 543 g/mol. The first-order chi connectivity index (χ1) is 18.6. The summed E-state index contributed by atoms with van der Waals surface area (Å²) < 4.78 is 3.07. The predicted octanol–water partition coefficient (Wildman–Crippen LogP) is -0.741. The molecule has 0 fully saturated rings. The maximum absolute atomic E-state index is 13.3. The van der Waals surface area contributed by atoms with E-state index in [0.29, 0.717) is 38.0 Å². The Balaban J connectivity index is 1.58. The van der Waals surface area contributed by atoms with Crippen LogP contribution in [-0.4, -0.2) is 114 Å². The van der Waals surface area contributed by atoms with E-state index in [1.54, 1.807) is 26.4 Å². The minimum atomic E-state index is -0.308. The van der Waals surface area contributed by atoms with E-state index in [9.17, 15) is 19.2 Å². The number of aromatic nitrogens is 6. The largest absolute Gasteiger partial charge is 0.349 e. The van der Waals surface area contributed by atoms with Gasteiger partial charge >= 0.3 is 0 Å². The number of carbonyl (C=O) groups excluding carboxylic acids is 4. The third kappa shape index (κ3) is 6.79. The summed E-state index contributed by atoms with van der Waals surface area (Å²) in [5, 5.41) is 18.3. The SMILES string of the molecule is CC(C)CN1CC(=O)N(C)C2CCc3c(c(nn3C)C(=O)NCCN(C(=O)Cn3cnnn3)CCCC1=O)C2. The smallest absolute Gasteiger partial charge is 0.272 e. The second-order valence-corrected chi connectivity index (χ2v) is 10.7. The summed E-state index contributed by atoms with van der Waals surface area (Å²) in [6, 6.07) is -0.0909. The zero-order chi connectivity index (χ0) is 28.1. The summed E-state index contributed by atoms with van der Waals surface area (Å²) in [5.74, 6) is -0.582. The summed E-state index contributed by atoms with van der Waals surface area (Å²) in [7, 11) is 3.60. The van der Waals surface area contributed by atoms with Crippen molar-refractivity contribution in [3.05, 3.63) is 23.3 Å². The molecule has 1 aliphatic carbocycles. The molecule has 0 saturated heterocycles. The third-order valence-corrected chi connectivity index (χ3v) is 7.38. The van der Waals surface area contributed by atoms with Crippen molar-refractivity contribution in [1.82, 2.24) is 50.0 Å². The molecule has 2 aromatic rings. The predicted molar refractivity (Wildman–Crippen MR) is 139 cm³/mol. The quantitative estimate of drug-likeness (QED) is 0.531. The Morgan fingerprint density at radius 1 is 1.13 bits per heavy atom. The first-order valence-corrected chi connectivity index (χ1v) is 13.5. The number of fused-ring (bicyclic) bond motifs is 1. The standard InChI is InChI=1S/C25H38N10O4/c1-17(2)13-34-14-22(37)31(3)18-7-8-20-19(12-18)24(28-32(20)4)25(39)26-9-11-33(10-5-6-21(34)36)23(38)15-35-16-27-29-30-35/h16-18H,5-15H2,1-4H3,(H,26,39). The van der Waals surface area contributed by atoms with Crippen LogP contribution in [0.2, 0.25) is 0 Å². The highest BCUT2D eigenvalue weighted by Crippen LogP contribution is 2.27. The minimum Gasteiger partial charge on any atom is -0.349 e. The number of hydrogen-bond acceptors (Lipinski definition) is 8. The fourth-order valence-corrected chi connectivity index (χ4v) is 5.28. The van der Waals surface area contributed by atoms with Gasteiger partial charge in [0.1, 0.15) is 12.9 Å². The van der Waals surface area contributed by atoms with Gasteiger partial charge in [-0.3, -0.25) is 23.9 Å². The van der Waals surface area contributed by atoms with Crippen LogP contribution in [0.1, 0.15) is 54.9 Å². The van der Waals surface area contributed by atoms with Gasteiger partial charge in [-0.2, -0.15) is 5.10 Å². The van der Waals surface area contributed by atoms with Crippen molar-refractivity contribution < 1.29 is 19.2 Å². The lowest BCUT2D eigenvalue weighted by atomic mass is 9.90. The number of carbonyl (C=O) groups is 4. The van der Waals surface area contributed by atoms with Gasteiger partial charge in [0.05, 0.1) is 6.54 Å². The van der Waals surface area contributed by atoms with Crippen molar-refractivity contribution >= 4 is 23.6 Å². The second-order valence-electron chi connectivity index (χ2n) is 10.7. The Labute approximate surface area is 227 Å². The van der Waals surface area contributed by atoms with E-state index < -0.39 is 0 Å². The lowest BCUT2D eigenvalue weighted by molar-refractivity contribution is -0.141. The first-order valence-electron chi connectivity index (χ1n) is 13.5. The maximum atomic E-state index is 13.3. The van der Waals surface area contributed by atoms with Crippen LogP contribution in [0.5, 0.6) is 0 Å². The molecule has 2 aromatic heterocycles. The van der Waals surface area contributed by atoms with Crippen molar-refractivity contribution in [2.24, 2.45) is 13.0 Å². The molecule has 0 saturated carbocycles. The van der Waals surface area contributed by atoms with E-state index in [2.05, 4.69) is 25.9 Å². The second kappa shape index (κ2) is 12.3. The maximum Gasteiger partial charge on any atom is 0.272 e. The molecule has 1 atom stereocenters. The first kappa shape index (κ1) is 28.2. The summed E-state index contributed by atoms with van der Waals surface area (Å²) in [6.07, 6.45) is 3.95. The molecule has 0 radical (unpaired) electrons. The summed E-state index contributed by atoms with van der Waals surface area (Å²) in [6.45, 7) is 5.24. The van der Waals surface area contributed by atoms with E-state index in [0.717, 1.165) is 17.7 Å². The molecule has 2 bridgehead atoms. The molecule has 0 aromatic carbocycles. The Morgan fingerprint density at radius 3 is 2.64 bits per heavy atom. The van der Waals surface area contributed by atoms with E-state index in [-0.39, 0.29) is 68.2 Å². The zero-order valence-corrected chi connectivity index (χ0v) is 23.2. The van der Waals surface area contributed by atoms with Gasteiger partial charge in [0.2, 0.25) is 17.7 Å². The van der Waals surface area contributed by atoms with Gasteiger partial charge in [0.25, 0.3) is 5.91 Å². The zero-order valence-electron chi connectivity index (χ0n) is 23.2. The summed E-state index contributed by atoms with van der Waals surface area (Å²) in [4.78, 5) is 57.7. The van der Waals surface area contributed by atoms with Crippen LogP contribution < -0.4 is 5.32 Å². The lowest BCUT2D eigenvalue weighted by Gasteiger charge is -2.34. The van der Waals surface area contributed by atoms with Crippen LogP contribution in [0.3, 0.4) is 0 Å². The number of amides is 4. The molecule has 0 spiro atoms. The number of nitrogens with zero attached hydrogens (tertiary/aromatic N) is 9. The van der Waals surface area contributed by atoms with Crippen LogP contribution in [0.25, 0.3) is 0 Å². The molecule has 4 rings (SSSR count). The molecule has 1 aliphatic heterocycles. The van der Waals surface area contributed by atoms with Crippen molar-refractivity contribution in [1.29, 1.82) is 0 Å². The van der Waals surface area contributed by atoms with Crippen LogP contribution >= 0.6 is 0 Å². The molecule has 1 N–H and O–H groups in total. The highest BCUT2D eigenvalue weighted by Gasteiger charge is 2.32. The molecule has 212 valence electrons. The van der Waals surface area contributed by atoms with Gasteiger partial charge in [-0.1, -0.05) is 13.8 Å². The number of rotatable bonds is 4. The molecule has 14 nitrogen and oxygen atoms in total. The number of nitrogens with one attached hydrogen (secondary N) is 1. The van der Waals surface area contributed by atoms with Crippen molar-refractivity contribution in [2.75, 3.05) is 39.8 Å². The molecule has 4 amide bonds. The normalized spacial score (nSPS) is 19.9. The fourth-order valence-electron chi connectivity index (χ4n) is 5.28. The molecule has 14 heteroatoms. The Morgan fingerprint density at radius 2 is 1.92 bits per heavy atom. The van der Waals surface area contributed by atoms with E-state index in [1.807, 2.05) is 20.9 Å². The average Bonchev–Trinajstić information content (AvgIpc) is 3.53.